The maximum absolute atomic E-state index is 14.6. The van der Waals surface area contributed by atoms with E-state index in [1.807, 2.05) is 11.0 Å². The van der Waals surface area contributed by atoms with Gasteiger partial charge in [-0.1, -0.05) is 33.8 Å². The maximum atomic E-state index is 14.6. The molecule has 10 heteroatoms. The third kappa shape index (κ3) is 5.83. The van der Waals surface area contributed by atoms with E-state index >= 15 is 0 Å². The first kappa shape index (κ1) is 29.1. The fourth-order valence-corrected chi connectivity index (χ4v) is 5.15. The summed E-state index contributed by atoms with van der Waals surface area (Å²) >= 11 is 0. The molecule has 1 aliphatic heterocycles. The first-order valence-electron chi connectivity index (χ1n) is 13.4. The molecule has 1 aliphatic rings. The second-order valence-electron chi connectivity index (χ2n) is 11.6. The molecular weight excluding hydrogens is 519 g/mol. The largest absolute Gasteiger partial charge is 0.419 e. The Kier molecular flexibility index (Phi) is 7.97. The Hall–Kier alpha value is -3.87. The van der Waals surface area contributed by atoms with Crippen LogP contribution in [0.5, 0.6) is 0 Å². The van der Waals surface area contributed by atoms with Crippen LogP contribution in [0.1, 0.15) is 79.9 Å². The molecule has 212 valence electrons. The number of aryl methyl sites for hydroxylation is 1. The van der Waals surface area contributed by atoms with E-state index in [1.165, 1.54) is 24.3 Å². The number of nitrogens with one attached hydrogen (secondary N) is 1. The number of rotatable bonds is 6. The van der Waals surface area contributed by atoms with Gasteiger partial charge >= 0.3 is 6.18 Å². The molecule has 7 nitrogen and oxygen atoms in total. The highest BCUT2D eigenvalue weighted by molar-refractivity contribution is 6.06. The standard InChI is InChI=1S/C30H34F3N5O2/c1-18(2)29(3,4)14-24(39)38-11-9-20(10-12-38)22-17-37(5)27-25(22)26(30(31,32)33)23(16-35-27)36-28(40)21-8-6-7-19(13-21)15-34/h6-8,13,16-18,20H,9-12,14H2,1-5H3,(H,36,40). The van der Waals surface area contributed by atoms with Gasteiger partial charge in [0, 0.05) is 43.7 Å². The lowest BCUT2D eigenvalue weighted by atomic mass is 9.78. The predicted molar refractivity (Wildman–Crippen MR) is 147 cm³/mol. The zero-order chi connectivity index (χ0) is 29.4. The van der Waals surface area contributed by atoms with Crippen LogP contribution < -0.4 is 5.32 Å². The number of benzene rings is 1. The molecule has 0 radical (unpaired) electrons. The average Bonchev–Trinajstić information content (AvgIpc) is 3.23. The van der Waals surface area contributed by atoms with Crippen molar-refractivity contribution in [1.29, 1.82) is 5.26 Å². The Balaban J connectivity index is 1.65. The highest BCUT2D eigenvalue weighted by atomic mass is 19.4. The molecule has 2 aromatic heterocycles. The van der Waals surface area contributed by atoms with Crippen LogP contribution in [-0.4, -0.2) is 39.4 Å². The lowest BCUT2D eigenvalue weighted by Gasteiger charge is -2.36. The van der Waals surface area contributed by atoms with Crippen LogP contribution in [0, 0.1) is 22.7 Å². The smallest absolute Gasteiger partial charge is 0.343 e. The summed E-state index contributed by atoms with van der Waals surface area (Å²) in [4.78, 5) is 31.9. The minimum absolute atomic E-state index is 0.0377. The molecule has 3 heterocycles. The molecule has 2 amide bonds. The minimum Gasteiger partial charge on any atom is -0.343 e. The van der Waals surface area contributed by atoms with E-state index in [0.29, 0.717) is 43.8 Å². The number of halogens is 3. The SMILES string of the molecule is CC(C)C(C)(C)CC(=O)N1CCC(c2cn(C)c3ncc(NC(=O)c4cccc(C#N)c4)c(C(F)(F)F)c23)CC1. The third-order valence-corrected chi connectivity index (χ3v) is 8.26. The Morgan fingerprint density at radius 1 is 1.20 bits per heavy atom. The van der Waals surface area contributed by atoms with Crippen molar-refractivity contribution in [1.82, 2.24) is 14.5 Å². The van der Waals surface area contributed by atoms with Gasteiger partial charge in [-0.25, -0.2) is 4.98 Å². The van der Waals surface area contributed by atoms with E-state index in [4.69, 9.17) is 5.26 Å². The number of nitrogens with zero attached hydrogens (tertiary/aromatic N) is 4. The van der Waals surface area contributed by atoms with Crippen molar-refractivity contribution in [3.63, 3.8) is 0 Å². The van der Waals surface area contributed by atoms with E-state index in [2.05, 4.69) is 38.0 Å². The van der Waals surface area contributed by atoms with Crippen LogP contribution in [0.25, 0.3) is 11.0 Å². The van der Waals surface area contributed by atoms with Gasteiger partial charge in [0.2, 0.25) is 5.91 Å². The molecule has 0 spiro atoms. The summed E-state index contributed by atoms with van der Waals surface area (Å²) in [7, 11) is 1.65. The predicted octanol–water partition coefficient (Wildman–Crippen LogP) is 6.49. The fourth-order valence-electron chi connectivity index (χ4n) is 5.15. The van der Waals surface area contributed by atoms with Crippen LogP contribution >= 0.6 is 0 Å². The van der Waals surface area contributed by atoms with E-state index in [0.717, 1.165) is 6.20 Å². The van der Waals surface area contributed by atoms with E-state index in [-0.39, 0.29) is 39.4 Å². The Bertz CT molecular complexity index is 1470. The molecule has 0 atom stereocenters. The molecule has 0 bridgehead atoms. The van der Waals surface area contributed by atoms with Crippen LogP contribution in [0.2, 0.25) is 0 Å². The van der Waals surface area contributed by atoms with E-state index in [9.17, 15) is 22.8 Å². The van der Waals surface area contributed by atoms with Gasteiger partial charge in [0.05, 0.1) is 29.1 Å². The van der Waals surface area contributed by atoms with Gasteiger partial charge in [0.25, 0.3) is 5.91 Å². The number of aromatic nitrogens is 2. The number of alkyl halides is 3. The minimum atomic E-state index is -4.77. The molecule has 3 aromatic rings. The number of carbonyl (C=O) groups excluding carboxylic acids is 2. The van der Waals surface area contributed by atoms with Crippen molar-refractivity contribution in [3.05, 3.63) is 58.9 Å². The number of amides is 2. The van der Waals surface area contributed by atoms with Crippen LogP contribution in [0.15, 0.2) is 36.7 Å². The van der Waals surface area contributed by atoms with Gasteiger partial charge in [-0.2, -0.15) is 18.4 Å². The van der Waals surface area contributed by atoms with Gasteiger partial charge in [-0.15, -0.1) is 0 Å². The Morgan fingerprint density at radius 3 is 2.48 bits per heavy atom. The second kappa shape index (κ2) is 11.0. The number of nitriles is 1. The Labute approximate surface area is 232 Å². The summed E-state index contributed by atoms with van der Waals surface area (Å²) in [6.45, 7) is 9.25. The van der Waals surface area contributed by atoms with Gasteiger partial charge in [0.1, 0.15) is 5.65 Å². The summed E-state index contributed by atoms with van der Waals surface area (Å²) in [5.74, 6) is -0.564. The molecule has 1 N–H and O–H groups in total. The van der Waals surface area contributed by atoms with Gasteiger partial charge in [-0.05, 0) is 53.9 Å². The number of anilines is 1. The molecular formula is C30H34F3N5O2. The van der Waals surface area contributed by atoms with Crippen molar-refractivity contribution in [2.24, 2.45) is 18.4 Å². The number of hydrogen-bond acceptors (Lipinski definition) is 4. The van der Waals surface area contributed by atoms with Crippen LogP contribution in [0.3, 0.4) is 0 Å². The van der Waals surface area contributed by atoms with Crippen LogP contribution in [-0.2, 0) is 18.0 Å². The number of likely N-dealkylation sites (tertiary alicyclic amines) is 1. The highest BCUT2D eigenvalue weighted by Gasteiger charge is 2.40. The number of carbonyl (C=O) groups is 2. The van der Waals surface area contributed by atoms with Crippen molar-refractivity contribution in [2.75, 3.05) is 18.4 Å². The monoisotopic (exact) mass is 553 g/mol. The maximum Gasteiger partial charge on any atom is 0.419 e. The molecule has 4 rings (SSSR count). The van der Waals surface area contributed by atoms with Gasteiger partial charge in [-0.3, -0.25) is 9.59 Å². The van der Waals surface area contributed by atoms with Crippen molar-refractivity contribution < 1.29 is 22.8 Å². The lowest BCUT2D eigenvalue weighted by molar-refractivity contribution is -0.136. The molecule has 1 aromatic carbocycles. The first-order valence-corrected chi connectivity index (χ1v) is 13.4. The topological polar surface area (TPSA) is 91.0 Å². The fraction of sp³-hybridized carbons (Fsp3) is 0.467. The summed E-state index contributed by atoms with van der Waals surface area (Å²) < 4.78 is 45.4. The average molecular weight is 554 g/mol. The third-order valence-electron chi connectivity index (χ3n) is 8.26. The zero-order valence-electron chi connectivity index (χ0n) is 23.4. The molecule has 40 heavy (non-hydrogen) atoms. The van der Waals surface area contributed by atoms with Gasteiger partial charge < -0.3 is 14.8 Å². The van der Waals surface area contributed by atoms with Crippen LogP contribution in [0.4, 0.5) is 18.9 Å². The number of fused-ring (bicyclic) bond motifs is 1. The molecule has 0 aliphatic carbocycles. The quantitative estimate of drug-likeness (QED) is 0.378. The van der Waals surface area contributed by atoms with Crippen molar-refractivity contribution in [2.45, 2.75) is 59.1 Å². The first-order chi connectivity index (χ1) is 18.7. The summed E-state index contributed by atoms with van der Waals surface area (Å²) in [6, 6.07) is 7.67. The van der Waals surface area contributed by atoms with E-state index < -0.39 is 23.3 Å². The van der Waals surface area contributed by atoms with Gasteiger partial charge in [0.15, 0.2) is 0 Å². The number of pyridine rings is 1. The van der Waals surface area contributed by atoms with E-state index in [1.54, 1.807) is 17.8 Å². The Morgan fingerprint density at radius 2 is 1.88 bits per heavy atom. The summed E-state index contributed by atoms with van der Waals surface area (Å²) in [5, 5.41) is 11.5. The number of hydrogen-bond donors (Lipinski definition) is 1. The van der Waals surface area contributed by atoms with Crippen molar-refractivity contribution >= 4 is 28.5 Å². The summed E-state index contributed by atoms with van der Waals surface area (Å²) in [5.41, 5.74) is -0.566. The molecule has 1 fully saturated rings. The molecule has 0 saturated carbocycles. The number of piperidine rings is 1. The molecule has 1 saturated heterocycles. The highest BCUT2D eigenvalue weighted by Crippen LogP contribution is 2.44. The van der Waals surface area contributed by atoms with Crippen molar-refractivity contribution in [3.8, 4) is 6.07 Å². The lowest BCUT2D eigenvalue weighted by Crippen LogP contribution is -2.40. The molecule has 0 unspecified atom stereocenters. The zero-order valence-corrected chi connectivity index (χ0v) is 23.4. The second-order valence-corrected chi connectivity index (χ2v) is 11.6. The summed E-state index contributed by atoms with van der Waals surface area (Å²) in [6.07, 6.45) is -0.583. The normalized spacial score (nSPS) is 14.9.